The van der Waals surface area contributed by atoms with Crippen molar-refractivity contribution >= 4 is 5.78 Å². The van der Waals surface area contributed by atoms with Gasteiger partial charge in [-0.3, -0.25) is 4.79 Å². The van der Waals surface area contributed by atoms with Crippen LogP contribution in [0.4, 0.5) is 0 Å². The van der Waals surface area contributed by atoms with E-state index in [9.17, 15) is 4.79 Å². The normalized spacial score (nSPS) is 20.1. The van der Waals surface area contributed by atoms with Crippen molar-refractivity contribution in [1.29, 1.82) is 0 Å². The van der Waals surface area contributed by atoms with Gasteiger partial charge >= 0.3 is 0 Å². The summed E-state index contributed by atoms with van der Waals surface area (Å²) in [5.74, 6) is 1.55. The fourth-order valence-electron chi connectivity index (χ4n) is 2.41. The van der Waals surface area contributed by atoms with E-state index in [-0.39, 0.29) is 11.2 Å². The minimum absolute atomic E-state index is 0.178. The first kappa shape index (κ1) is 10.5. The molecule has 0 spiro atoms. The predicted molar refractivity (Wildman–Crippen MR) is 59.0 cm³/mol. The maximum Gasteiger partial charge on any atom is 0.203 e. The van der Waals surface area contributed by atoms with Gasteiger partial charge in [-0.15, -0.1) is 0 Å². The first-order chi connectivity index (χ1) is 7.12. The van der Waals surface area contributed by atoms with E-state index in [0.717, 1.165) is 18.6 Å². The van der Waals surface area contributed by atoms with Gasteiger partial charge in [0.25, 0.3) is 0 Å². The molecule has 2 heteroatoms. The number of aryl methyl sites for hydroxylation is 1. The molecule has 0 aromatic carbocycles. The maximum atomic E-state index is 12.2. The Morgan fingerprint density at radius 3 is 2.47 bits per heavy atom. The second-order valence-corrected chi connectivity index (χ2v) is 4.86. The highest BCUT2D eigenvalue weighted by atomic mass is 16.3. The topological polar surface area (TPSA) is 30.2 Å². The van der Waals surface area contributed by atoms with Gasteiger partial charge in [-0.25, -0.2) is 0 Å². The molecule has 0 amide bonds. The summed E-state index contributed by atoms with van der Waals surface area (Å²) >= 11 is 0. The maximum absolute atomic E-state index is 12.2. The summed E-state index contributed by atoms with van der Waals surface area (Å²) in [4.78, 5) is 12.2. The molecule has 1 fully saturated rings. The van der Waals surface area contributed by atoms with Crippen LogP contribution in [0.1, 0.15) is 55.3 Å². The lowest BCUT2D eigenvalue weighted by Gasteiger charge is -2.30. The Bertz CT molecular complexity index is 356. The molecule has 1 aromatic rings. The first-order valence-corrected chi connectivity index (χ1v) is 5.73. The zero-order valence-corrected chi connectivity index (χ0v) is 9.51. The quantitative estimate of drug-likeness (QED) is 0.690. The molecule has 1 aromatic heterocycles. The molecule has 0 atom stereocenters. The number of carbonyl (C=O) groups is 1. The molecule has 0 bridgehead atoms. The number of Topliss-reactive ketones (excluding diaryl/α,β-unsaturated/α-hetero) is 1. The number of carbonyl (C=O) groups excluding carboxylic acids is 1. The van der Waals surface area contributed by atoms with Crippen molar-refractivity contribution in [1.82, 2.24) is 0 Å². The molecule has 2 nitrogen and oxygen atoms in total. The summed E-state index contributed by atoms with van der Waals surface area (Å²) in [6, 6.07) is 3.66. The minimum Gasteiger partial charge on any atom is -0.458 e. The summed E-state index contributed by atoms with van der Waals surface area (Å²) in [7, 11) is 0. The third-order valence-electron chi connectivity index (χ3n) is 3.47. The van der Waals surface area contributed by atoms with Crippen LogP contribution in [0, 0.1) is 12.3 Å². The van der Waals surface area contributed by atoms with Gasteiger partial charge in [-0.2, -0.15) is 0 Å². The van der Waals surface area contributed by atoms with E-state index in [1.807, 2.05) is 13.0 Å². The highest BCUT2D eigenvalue weighted by molar-refractivity contribution is 5.98. The van der Waals surface area contributed by atoms with Crippen LogP contribution in [0.2, 0.25) is 0 Å². The van der Waals surface area contributed by atoms with E-state index in [1.54, 1.807) is 6.07 Å². The van der Waals surface area contributed by atoms with Crippen molar-refractivity contribution in [3.05, 3.63) is 23.7 Å². The molecule has 0 unspecified atom stereocenters. The number of furan rings is 1. The lowest BCUT2D eigenvalue weighted by Crippen LogP contribution is -2.30. The molecule has 82 valence electrons. The molecule has 1 aliphatic rings. The van der Waals surface area contributed by atoms with Crippen LogP contribution in [0.15, 0.2) is 16.5 Å². The summed E-state index contributed by atoms with van der Waals surface area (Å²) in [5, 5.41) is 0. The summed E-state index contributed by atoms with van der Waals surface area (Å²) in [6.07, 6.45) is 5.61. The average molecular weight is 206 g/mol. The smallest absolute Gasteiger partial charge is 0.203 e. The van der Waals surface area contributed by atoms with Gasteiger partial charge in [0.05, 0.1) is 0 Å². The van der Waals surface area contributed by atoms with Crippen LogP contribution < -0.4 is 0 Å². The van der Waals surface area contributed by atoms with Gasteiger partial charge in [0, 0.05) is 5.41 Å². The van der Waals surface area contributed by atoms with Gasteiger partial charge in [0.2, 0.25) is 5.78 Å². The Hall–Kier alpha value is -1.05. The number of hydrogen-bond donors (Lipinski definition) is 0. The van der Waals surface area contributed by atoms with Crippen molar-refractivity contribution < 1.29 is 9.21 Å². The van der Waals surface area contributed by atoms with Crippen molar-refractivity contribution in [2.24, 2.45) is 5.41 Å². The van der Waals surface area contributed by atoms with Crippen molar-refractivity contribution in [2.45, 2.75) is 46.0 Å². The molecular weight excluding hydrogens is 188 g/mol. The van der Waals surface area contributed by atoms with E-state index >= 15 is 0 Å². The summed E-state index contributed by atoms with van der Waals surface area (Å²) < 4.78 is 5.41. The molecule has 2 rings (SSSR count). The van der Waals surface area contributed by atoms with Crippen LogP contribution in [-0.4, -0.2) is 5.78 Å². The van der Waals surface area contributed by atoms with Gasteiger partial charge in [-0.1, -0.05) is 26.2 Å². The molecule has 0 radical (unpaired) electrons. The van der Waals surface area contributed by atoms with Crippen LogP contribution in [0.3, 0.4) is 0 Å². The number of ketones is 1. The third kappa shape index (κ3) is 1.99. The highest BCUT2D eigenvalue weighted by Crippen LogP contribution is 2.38. The van der Waals surface area contributed by atoms with Crippen molar-refractivity contribution in [2.75, 3.05) is 0 Å². The Morgan fingerprint density at radius 1 is 1.27 bits per heavy atom. The van der Waals surface area contributed by atoms with Gasteiger partial charge in [0.15, 0.2) is 5.76 Å². The van der Waals surface area contributed by atoms with E-state index in [2.05, 4.69) is 6.92 Å². The Labute approximate surface area is 90.7 Å². The molecule has 0 N–H and O–H groups in total. The van der Waals surface area contributed by atoms with Crippen molar-refractivity contribution in [3.8, 4) is 0 Å². The lowest BCUT2D eigenvalue weighted by molar-refractivity contribution is 0.0717. The standard InChI is InChI=1S/C13H18O2/c1-10-6-7-11(15-10)12(14)13(2)8-4-3-5-9-13/h6-7H,3-5,8-9H2,1-2H3. The van der Waals surface area contributed by atoms with E-state index in [0.29, 0.717) is 5.76 Å². The zero-order valence-electron chi connectivity index (χ0n) is 9.51. The molecule has 15 heavy (non-hydrogen) atoms. The second-order valence-electron chi connectivity index (χ2n) is 4.86. The SMILES string of the molecule is Cc1ccc(C(=O)C2(C)CCCCC2)o1. The highest BCUT2D eigenvalue weighted by Gasteiger charge is 2.36. The lowest BCUT2D eigenvalue weighted by atomic mass is 9.72. The predicted octanol–water partition coefficient (Wildman–Crippen LogP) is 3.74. The molecule has 1 heterocycles. The average Bonchev–Trinajstić information content (AvgIpc) is 2.65. The van der Waals surface area contributed by atoms with Crippen LogP contribution in [0.5, 0.6) is 0 Å². The molecule has 1 aliphatic carbocycles. The monoisotopic (exact) mass is 206 g/mol. The zero-order chi connectivity index (χ0) is 10.9. The number of rotatable bonds is 2. The van der Waals surface area contributed by atoms with Gasteiger partial charge in [0.1, 0.15) is 5.76 Å². The second kappa shape index (κ2) is 3.84. The number of hydrogen-bond acceptors (Lipinski definition) is 2. The van der Waals surface area contributed by atoms with E-state index in [1.165, 1.54) is 19.3 Å². The molecule has 0 saturated heterocycles. The van der Waals surface area contributed by atoms with Crippen molar-refractivity contribution in [3.63, 3.8) is 0 Å². The largest absolute Gasteiger partial charge is 0.458 e. The molecule has 0 aliphatic heterocycles. The molecular formula is C13H18O2. The van der Waals surface area contributed by atoms with Crippen LogP contribution in [-0.2, 0) is 0 Å². The van der Waals surface area contributed by atoms with Gasteiger partial charge in [-0.05, 0) is 31.9 Å². The first-order valence-electron chi connectivity index (χ1n) is 5.73. The minimum atomic E-state index is -0.178. The van der Waals surface area contributed by atoms with Crippen LogP contribution in [0.25, 0.3) is 0 Å². The Balaban J connectivity index is 2.19. The fourth-order valence-corrected chi connectivity index (χ4v) is 2.41. The Kier molecular flexibility index (Phi) is 2.68. The summed E-state index contributed by atoms with van der Waals surface area (Å²) in [6.45, 7) is 3.95. The Morgan fingerprint density at radius 2 is 1.93 bits per heavy atom. The third-order valence-corrected chi connectivity index (χ3v) is 3.47. The van der Waals surface area contributed by atoms with Gasteiger partial charge < -0.3 is 4.42 Å². The van der Waals surface area contributed by atoms with Crippen LogP contribution >= 0.6 is 0 Å². The fraction of sp³-hybridized carbons (Fsp3) is 0.615. The summed E-state index contributed by atoms with van der Waals surface area (Å²) in [5.41, 5.74) is -0.178. The molecule has 1 saturated carbocycles. The van der Waals surface area contributed by atoms with E-state index < -0.39 is 0 Å². The van der Waals surface area contributed by atoms with E-state index in [4.69, 9.17) is 4.42 Å².